The third-order valence-corrected chi connectivity index (χ3v) is 5.55. The maximum atomic E-state index is 12.3. The van der Waals surface area contributed by atoms with Crippen LogP contribution in [0.2, 0.25) is 0 Å². The number of alkyl halides is 3. The fourth-order valence-electron chi connectivity index (χ4n) is 3.73. The minimum atomic E-state index is -4.42. The second kappa shape index (κ2) is 8.92. The quantitative estimate of drug-likeness (QED) is 0.357. The molecule has 3 aromatic heterocycles. The molecule has 4 heterocycles. The number of pyridine rings is 1. The molecule has 176 valence electrons. The monoisotopic (exact) mass is 469 g/mol. The first-order valence-corrected chi connectivity index (χ1v) is 10.8. The van der Waals surface area contributed by atoms with Crippen LogP contribution in [0.1, 0.15) is 6.42 Å². The predicted molar refractivity (Wildman–Crippen MR) is 122 cm³/mol. The smallest absolute Gasteiger partial charge is 0.361 e. The van der Waals surface area contributed by atoms with Gasteiger partial charge in [0.2, 0.25) is 0 Å². The fourth-order valence-corrected chi connectivity index (χ4v) is 3.73. The van der Waals surface area contributed by atoms with E-state index >= 15 is 0 Å². The van der Waals surface area contributed by atoms with Gasteiger partial charge in [-0.2, -0.15) is 13.2 Å². The van der Waals surface area contributed by atoms with E-state index in [0.717, 1.165) is 35.7 Å². The van der Waals surface area contributed by atoms with Crippen molar-refractivity contribution >= 4 is 17.2 Å². The molecule has 4 aromatic rings. The van der Waals surface area contributed by atoms with E-state index in [2.05, 4.69) is 25.2 Å². The van der Waals surface area contributed by atoms with E-state index in [1.54, 1.807) is 30.6 Å². The van der Waals surface area contributed by atoms with Crippen LogP contribution >= 0.6 is 0 Å². The Bertz CT molecular complexity index is 1300. The number of aliphatic hydroxyl groups is 1. The van der Waals surface area contributed by atoms with Crippen molar-refractivity contribution in [2.45, 2.75) is 18.9 Å². The SMILES string of the molecule is OC(NCC(F)(F)F)Nc1cccc(-c2cnc3cc(-c4nccc(N5CCC5)n4)ccn23)c1. The highest BCUT2D eigenvalue weighted by Gasteiger charge is 2.27. The summed E-state index contributed by atoms with van der Waals surface area (Å²) in [5.41, 5.74) is 3.59. The van der Waals surface area contributed by atoms with Crippen molar-refractivity contribution in [1.82, 2.24) is 24.7 Å². The summed E-state index contributed by atoms with van der Waals surface area (Å²) in [7, 11) is 0. The van der Waals surface area contributed by atoms with Crippen molar-refractivity contribution in [3.63, 3.8) is 0 Å². The Morgan fingerprint density at radius 2 is 1.91 bits per heavy atom. The minimum Gasteiger partial charge on any atom is -0.361 e. The first-order chi connectivity index (χ1) is 16.4. The second-order valence-electron chi connectivity index (χ2n) is 7.99. The van der Waals surface area contributed by atoms with Gasteiger partial charge in [0.05, 0.1) is 18.4 Å². The normalized spacial score (nSPS) is 14.8. The minimum absolute atomic E-state index is 0.461. The van der Waals surface area contributed by atoms with Crippen LogP contribution in [0.5, 0.6) is 0 Å². The molecule has 11 heteroatoms. The molecule has 0 aliphatic carbocycles. The summed E-state index contributed by atoms with van der Waals surface area (Å²) in [5.74, 6) is 1.54. The van der Waals surface area contributed by atoms with E-state index in [1.807, 2.05) is 40.2 Å². The fraction of sp³-hybridized carbons (Fsp3) is 0.261. The van der Waals surface area contributed by atoms with Gasteiger partial charge in [-0.1, -0.05) is 12.1 Å². The third-order valence-electron chi connectivity index (χ3n) is 5.55. The molecule has 0 spiro atoms. The number of benzene rings is 1. The average Bonchev–Trinajstić information content (AvgIpc) is 3.20. The van der Waals surface area contributed by atoms with Gasteiger partial charge in [0.1, 0.15) is 11.5 Å². The van der Waals surface area contributed by atoms with Gasteiger partial charge in [-0.15, -0.1) is 0 Å². The number of anilines is 2. The number of aliphatic hydroxyl groups excluding tert-OH is 1. The van der Waals surface area contributed by atoms with Gasteiger partial charge in [0.25, 0.3) is 0 Å². The lowest BCUT2D eigenvalue weighted by Crippen LogP contribution is -2.41. The van der Waals surface area contributed by atoms with Crippen LogP contribution in [-0.4, -0.2) is 56.6 Å². The predicted octanol–water partition coefficient (Wildman–Crippen LogP) is 3.51. The van der Waals surface area contributed by atoms with Crippen LogP contribution in [0.3, 0.4) is 0 Å². The second-order valence-corrected chi connectivity index (χ2v) is 7.99. The van der Waals surface area contributed by atoms with E-state index in [1.165, 1.54) is 6.42 Å². The summed E-state index contributed by atoms with van der Waals surface area (Å²) in [5, 5.41) is 14.4. The first-order valence-electron chi connectivity index (χ1n) is 10.8. The Hall–Kier alpha value is -3.70. The lowest BCUT2D eigenvalue weighted by Gasteiger charge is -2.31. The van der Waals surface area contributed by atoms with Gasteiger partial charge < -0.3 is 15.3 Å². The molecule has 1 fully saturated rings. The number of hydrogen-bond donors (Lipinski definition) is 3. The Morgan fingerprint density at radius 3 is 2.68 bits per heavy atom. The van der Waals surface area contributed by atoms with Crippen LogP contribution in [0.25, 0.3) is 28.3 Å². The van der Waals surface area contributed by atoms with Gasteiger partial charge in [0.15, 0.2) is 12.2 Å². The number of hydrogen-bond acceptors (Lipinski definition) is 7. The van der Waals surface area contributed by atoms with E-state index < -0.39 is 19.1 Å². The molecular weight excluding hydrogens is 447 g/mol. The van der Waals surface area contributed by atoms with Crippen LogP contribution in [0, 0.1) is 0 Å². The highest BCUT2D eigenvalue weighted by Crippen LogP contribution is 2.27. The topological polar surface area (TPSA) is 90.6 Å². The Morgan fingerprint density at radius 1 is 1.06 bits per heavy atom. The van der Waals surface area contributed by atoms with E-state index in [4.69, 9.17) is 0 Å². The molecule has 1 saturated heterocycles. The zero-order valence-corrected chi connectivity index (χ0v) is 18.0. The molecule has 0 amide bonds. The first kappa shape index (κ1) is 22.1. The molecule has 1 atom stereocenters. The Kier molecular flexibility index (Phi) is 5.80. The molecule has 0 radical (unpaired) electrons. The van der Waals surface area contributed by atoms with Crippen molar-refractivity contribution < 1.29 is 18.3 Å². The molecule has 34 heavy (non-hydrogen) atoms. The number of rotatable bonds is 7. The third kappa shape index (κ3) is 4.80. The number of nitrogens with one attached hydrogen (secondary N) is 2. The molecule has 1 aliphatic rings. The zero-order chi connectivity index (χ0) is 23.7. The van der Waals surface area contributed by atoms with Gasteiger partial charge >= 0.3 is 6.18 Å². The Balaban J connectivity index is 1.36. The highest BCUT2D eigenvalue weighted by molar-refractivity contribution is 5.70. The van der Waals surface area contributed by atoms with E-state index in [-0.39, 0.29) is 0 Å². The zero-order valence-electron chi connectivity index (χ0n) is 18.0. The Labute approximate surface area is 193 Å². The van der Waals surface area contributed by atoms with Gasteiger partial charge in [0, 0.05) is 42.3 Å². The summed E-state index contributed by atoms with van der Waals surface area (Å²) >= 11 is 0. The van der Waals surface area contributed by atoms with Crippen molar-refractivity contribution in [2.75, 3.05) is 29.9 Å². The molecule has 3 N–H and O–H groups in total. The molecule has 5 rings (SSSR count). The number of nitrogens with zero attached hydrogens (tertiary/aromatic N) is 5. The van der Waals surface area contributed by atoms with E-state index in [0.29, 0.717) is 17.2 Å². The number of halogens is 3. The van der Waals surface area contributed by atoms with Crippen LogP contribution < -0.4 is 15.5 Å². The lowest BCUT2D eigenvalue weighted by atomic mass is 10.1. The molecule has 1 aromatic carbocycles. The summed E-state index contributed by atoms with van der Waals surface area (Å²) < 4.78 is 38.9. The maximum absolute atomic E-state index is 12.3. The highest BCUT2D eigenvalue weighted by atomic mass is 19.4. The number of fused-ring (bicyclic) bond motifs is 1. The van der Waals surface area contributed by atoms with Crippen molar-refractivity contribution in [2.24, 2.45) is 0 Å². The molecule has 0 bridgehead atoms. The standard InChI is InChI=1S/C23H22F3N7O/c24-23(25,26)14-29-22(34)30-17-4-1-3-15(11-17)18-13-28-20-12-16(6-10-33(18)20)21-27-7-5-19(31-21)32-8-2-9-32/h1,3-7,10-13,22,29-30,34H,2,8-9,14H2. The summed E-state index contributed by atoms with van der Waals surface area (Å²) in [6.07, 6.45) is 0.561. The number of aromatic nitrogens is 4. The molecular formula is C23H22F3N7O. The number of imidazole rings is 1. The van der Waals surface area contributed by atoms with Crippen LogP contribution in [0.15, 0.2) is 61.1 Å². The maximum Gasteiger partial charge on any atom is 0.401 e. The van der Waals surface area contributed by atoms with Crippen molar-refractivity contribution in [3.8, 4) is 22.6 Å². The van der Waals surface area contributed by atoms with Crippen LogP contribution in [0.4, 0.5) is 24.7 Å². The van der Waals surface area contributed by atoms with Gasteiger partial charge in [-0.3, -0.25) is 9.72 Å². The molecule has 1 unspecified atom stereocenters. The van der Waals surface area contributed by atoms with E-state index in [9.17, 15) is 18.3 Å². The molecule has 1 aliphatic heterocycles. The summed E-state index contributed by atoms with van der Waals surface area (Å²) in [4.78, 5) is 15.8. The average molecular weight is 469 g/mol. The van der Waals surface area contributed by atoms with Crippen LogP contribution in [-0.2, 0) is 0 Å². The largest absolute Gasteiger partial charge is 0.401 e. The van der Waals surface area contributed by atoms with Crippen molar-refractivity contribution in [1.29, 1.82) is 0 Å². The lowest BCUT2D eigenvalue weighted by molar-refractivity contribution is -0.130. The summed E-state index contributed by atoms with van der Waals surface area (Å²) in [6.45, 7) is 0.700. The summed E-state index contributed by atoms with van der Waals surface area (Å²) in [6, 6.07) is 12.7. The molecule has 8 nitrogen and oxygen atoms in total. The van der Waals surface area contributed by atoms with Gasteiger partial charge in [-0.25, -0.2) is 15.0 Å². The van der Waals surface area contributed by atoms with Crippen molar-refractivity contribution in [3.05, 3.63) is 61.1 Å². The molecule has 0 saturated carbocycles. The van der Waals surface area contributed by atoms with Gasteiger partial charge in [-0.05, 0) is 36.8 Å².